The van der Waals surface area contributed by atoms with E-state index in [2.05, 4.69) is 17.6 Å². The van der Waals surface area contributed by atoms with Crippen LogP contribution in [0.25, 0.3) is 0 Å². The zero-order chi connectivity index (χ0) is 23.1. The lowest BCUT2D eigenvalue weighted by Gasteiger charge is -2.41. The number of amides is 1. The highest BCUT2D eigenvalue weighted by Crippen LogP contribution is 2.38. The number of nitrogens with one attached hydrogen (secondary N) is 2. The summed E-state index contributed by atoms with van der Waals surface area (Å²) in [4.78, 5) is 24.2. The van der Waals surface area contributed by atoms with Crippen molar-refractivity contribution in [2.75, 3.05) is 13.1 Å². The summed E-state index contributed by atoms with van der Waals surface area (Å²) in [5.41, 5.74) is 2.23. The van der Waals surface area contributed by atoms with Crippen LogP contribution in [0.3, 0.4) is 0 Å². The topological polar surface area (TPSA) is 78.4 Å². The van der Waals surface area contributed by atoms with Crippen LogP contribution in [-0.4, -0.2) is 36.1 Å². The van der Waals surface area contributed by atoms with Gasteiger partial charge in [-0.05, 0) is 73.7 Å². The van der Waals surface area contributed by atoms with Crippen molar-refractivity contribution < 1.29 is 14.7 Å². The fourth-order valence-corrected chi connectivity index (χ4v) is 4.92. The van der Waals surface area contributed by atoms with Crippen LogP contribution in [0.15, 0.2) is 48.5 Å². The molecule has 0 aliphatic carbocycles. The van der Waals surface area contributed by atoms with Gasteiger partial charge in [0, 0.05) is 27.9 Å². The first kappa shape index (κ1) is 24.6. The van der Waals surface area contributed by atoms with Gasteiger partial charge in [0.05, 0.1) is 6.42 Å². The fraction of sp³-hybridized carbons (Fsp3) is 0.440. The lowest BCUT2D eigenvalue weighted by Crippen LogP contribution is -2.54. The number of hydrogen-bond donors (Lipinski definition) is 3. The van der Waals surface area contributed by atoms with E-state index in [0.29, 0.717) is 16.5 Å². The molecule has 172 valence electrons. The summed E-state index contributed by atoms with van der Waals surface area (Å²) < 4.78 is 0. The summed E-state index contributed by atoms with van der Waals surface area (Å²) >= 11 is 12.3. The maximum absolute atomic E-state index is 12.8. The second-order valence-corrected chi connectivity index (χ2v) is 9.33. The normalized spacial score (nSPS) is 21.7. The van der Waals surface area contributed by atoms with Crippen LogP contribution in [0.4, 0.5) is 0 Å². The van der Waals surface area contributed by atoms with Gasteiger partial charge in [-0.3, -0.25) is 9.59 Å². The van der Waals surface area contributed by atoms with Gasteiger partial charge in [-0.2, -0.15) is 0 Å². The van der Waals surface area contributed by atoms with E-state index in [-0.39, 0.29) is 30.2 Å². The summed E-state index contributed by atoms with van der Waals surface area (Å²) in [5.74, 6) is -1.53. The molecule has 1 aliphatic heterocycles. The van der Waals surface area contributed by atoms with E-state index in [0.717, 1.165) is 31.5 Å². The highest BCUT2D eigenvalue weighted by molar-refractivity contribution is 6.30. The van der Waals surface area contributed by atoms with Crippen LogP contribution in [-0.2, 0) is 16.0 Å². The Morgan fingerprint density at radius 1 is 1.19 bits per heavy atom. The van der Waals surface area contributed by atoms with E-state index in [1.54, 1.807) is 0 Å². The van der Waals surface area contributed by atoms with Crippen molar-refractivity contribution in [3.05, 3.63) is 69.7 Å². The molecule has 0 spiro atoms. The molecule has 1 aliphatic rings. The van der Waals surface area contributed by atoms with Crippen molar-refractivity contribution in [2.45, 2.75) is 44.6 Å². The van der Waals surface area contributed by atoms with Gasteiger partial charge < -0.3 is 15.7 Å². The zero-order valence-corrected chi connectivity index (χ0v) is 19.7. The molecule has 0 bridgehead atoms. The molecule has 1 fully saturated rings. The van der Waals surface area contributed by atoms with Crippen LogP contribution >= 0.6 is 23.2 Å². The predicted molar refractivity (Wildman–Crippen MR) is 128 cm³/mol. The minimum atomic E-state index is -0.958. The SMILES string of the molecule is CCNCC(CCc1ccc(Cl)cc1)C1NC(=O)C(CC(=O)O)CC1c1cccc(Cl)c1. The van der Waals surface area contributed by atoms with Gasteiger partial charge in [-0.15, -0.1) is 0 Å². The number of benzene rings is 2. The van der Waals surface area contributed by atoms with Crippen LogP contribution in [0, 0.1) is 11.8 Å². The predicted octanol–water partition coefficient (Wildman–Crippen LogP) is 4.91. The molecule has 3 N–H and O–H groups in total. The fourth-order valence-electron chi connectivity index (χ4n) is 4.60. The van der Waals surface area contributed by atoms with Crippen molar-refractivity contribution >= 4 is 35.1 Å². The monoisotopic (exact) mass is 476 g/mol. The molecule has 1 saturated heterocycles. The highest BCUT2D eigenvalue weighted by Gasteiger charge is 2.40. The molecule has 1 amide bonds. The number of rotatable bonds is 10. The second-order valence-electron chi connectivity index (χ2n) is 8.46. The van der Waals surface area contributed by atoms with Crippen molar-refractivity contribution in [1.29, 1.82) is 0 Å². The molecule has 3 rings (SSSR count). The van der Waals surface area contributed by atoms with Crippen molar-refractivity contribution in [3.8, 4) is 0 Å². The first-order chi connectivity index (χ1) is 15.4. The van der Waals surface area contributed by atoms with Gasteiger partial charge >= 0.3 is 5.97 Å². The molecule has 32 heavy (non-hydrogen) atoms. The Labute approximate surface area is 199 Å². The minimum Gasteiger partial charge on any atom is -0.481 e. The Morgan fingerprint density at radius 3 is 2.59 bits per heavy atom. The van der Waals surface area contributed by atoms with Crippen molar-refractivity contribution in [3.63, 3.8) is 0 Å². The number of aryl methyl sites for hydroxylation is 1. The average molecular weight is 477 g/mol. The number of carbonyl (C=O) groups excluding carboxylic acids is 1. The van der Waals surface area contributed by atoms with Gasteiger partial charge in [-0.1, -0.05) is 54.4 Å². The lowest BCUT2D eigenvalue weighted by atomic mass is 9.73. The molecule has 2 aromatic carbocycles. The molecule has 2 aromatic rings. The number of carbonyl (C=O) groups is 2. The number of carboxylic acid groups (broad SMARTS) is 1. The van der Waals surface area contributed by atoms with Gasteiger partial charge in [-0.25, -0.2) is 0 Å². The average Bonchev–Trinajstić information content (AvgIpc) is 2.76. The Kier molecular flexibility index (Phi) is 8.97. The molecule has 4 atom stereocenters. The third-order valence-corrected chi connectivity index (χ3v) is 6.72. The van der Waals surface area contributed by atoms with E-state index in [1.807, 2.05) is 48.5 Å². The summed E-state index contributed by atoms with van der Waals surface area (Å²) in [7, 11) is 0. The largest absolute Gasteiger partial charge is 0.481 e. The third-order valence-electron chi connectivity index (χ3n) is 6.23. The van der Waals surface area contributed by atoms with Crippen molar-refractivity contribution in [2.24, 2.45) is 11.8 Å². The smallest absolute Gasteiger partial charge is 0.304 e. The zero-order valence-electron chi connectivity index (χ0n) is 18.2. The standard InChI is InChI=1S/C25H30Cl2N2O3/c1-2-28-15-18(9-6-16-7-10-20(26)11-8-16)24-22(17-4-3-5-21(27)12-17)13-19(14-23(30)31)25(32)29-24/h3-5,7-8,10-12,18-19,22,24,28H,2,6,9,13-15H2,1H3,(H,29,32)(H,30,31). The third kappa shape index (κ3) is 6.71. The maximum atomic E-state index is 12.8. The van der Waals surface area contributed by atoms with E-state index in [4.69, 9.17) is 23.2 Å². The van der Waals surface area contributed by atoms with Gasteiger partial charge in [0.2, 0.25) is 5.91 Å². The molecular formula is C25H30Cl2N2O3. The number of halogens is 2. The van der Waals surface area contributed by atoms with Crippen LogP contribution in [0.2, 0.25) is 10.0 Å². The molecule has 0 saturated carbocycles. The molecule has 0 radical (unpaired) electrons. The highest BCUT2D eigenvalue weighted by atomic mass is 35.5. The van der Waals surface area contributed by atoms with E-state index in [9.17, 15) is 14.7 Å². The number of piperidine rings is 1. The van der Waals surface area contributed by atoms with Crippen molar-refractivity contribution in [1.82, 2.24) is 10.6 Å². The molecule has 4 unspecified atom stereocenters. The Bertz CT molecular complexity index is 920. The van der Waals surface area contributed by atoms with Crippen LogP contribution in [0.1, 0.15) is 43.2 Å². The van der Waals surface area contributed by atoms with E-state index >= 15 is 0 Å². The molecule has 0 aromatic heterocycles. The van der Waals surface area contributed by atoms with Crippen LogP contribution < -0.4 is 10.6 Å². The molecule has 7 heteroatoms. The van der Waals surface area contributed by atoms with Gasteiger partial charge in [0.15, 0.2) is 0 Å². The first-order valence-electron chi connectivity index (χ1n) is 11.1. The Hall–Kier alpha value is -2.08. The Balaban J connectivity index is 1.86. The first-order valence-corrected chi connectivity index (χ1v) is 11.9. The summed E-state index contributed by atoms with van der Waals surface area (Å²) in [6, 6.07) is 15.4. The summed E-state index contributed by atoms with van der Waals surface area (Å²) in [6.07, 6.45) is 2.06. The maximum Gasteiger partial charge on any atom is 0.304 e. The number of carboxylic acids is 1. The summed E-state index contributed by atoms with van der Waals surface area (Å²) in [5, 5.41) is 17.3. The van der Waals surface area contributed by atoms with Gasteiger partial charge in [0.1, 0.15) is 0 Å². The molecule has 1 heterocycles. The number of aliphatic carboxylic acids is 1. The molecule has 5 nitrogen and oxygen atoms in total. The lowest BCUT2D eigenvalue weighted by molar-refractivity contribution is -0.142. The Morgan fingerprint density at radius 2 is 1.94 bits per heavy atom. The van der Waals surface area contributed by atoms with E-state index in [1.165, 1.54) is 5.56 Å². The van der Waals surface area contributed by atoms with E-state index < -0.39 is 11.9 Å². The van der Waals surface area contributed by atoms with Gasteiger partial charge in [0.25, 0.3) is 0 Å². The minimum absolute atomic E-state index is 0.00961. The summed E-state index contributed by atoms with van der Waals surface area (Å²) in [6.45, 7) is 3.66. The number of hydrogen-bond acceptors (Lipinski definition) is 3. The quantitative estimate of drug-likeness (QED) is 0.454. The molecular weight excluding hydrogens is 447 g/mol. The van der Waals surface area contributed by atoms with Crippen LogP contribution in [0.5, 0.6) is 0 Å². The second kappa shape index (κ2) is 11.7.